The van der Waals surface area contributed by atoms with Gasteiger partial charge in [0, 0.05) is 60.2 Å². The van der Waals surface area contributed by atoms with Gasteiger partial charge in [0.2, 0.25) is 0 Å². The minimum atomic E-state index is -2.41. The zero-order valence-corrected chi connectivity index (χ0v) is 79.1. The number of hydrogen-bond acceptors (Lipinski definition) is 2. The van der Waals surface area contributed by atoms with Crippen molar-refractivity contribution in [2.45, 2.75) is 131 Å². The second-order valence-electron chi connectivity index (χ2n) is 38.6. The van der Waals surface area contributed by atoms with Gasteiger partial charge in [0.05, 0.1) is 32.5 Å². The fraction of sp³-hybridized carbons (Fsp3) is 0.165. The van der Waals surface area contributed by atoms with Gasteiger partial charge in [-0.25, -0.2) is 0 Å². The number of rotatable bonds is 11. The number of hydrogen-bond donors (Lipinski definition) is 0. The van der Waals surface area contributed by atoms with Gasteiger partial charge in [-0.05, 0) is 157 Å². The second-order valence-corrected chi connectivity index (χ2v) is 48.2. The first kappa shape index (κ1) is 87.4. The van der Waals surface area contributed by atoms with Crippen molar-refractivity contribution in [2.75, 3.05) is 0 Å². The average Bonchev–Trinajstić information content (AvgIpc) is 1.72. The molecule has 0 saturated carbocycles. The fourth-order valence-corrected chi connectivity index (χ4v) is 30.6. The van der Waals surface area contributed by atoms with Crippen molar-refractivity contribution in [3.63, 3.8) is 0 Å². The highest BCUT2D eigenvalue weighted by Gasteiger charge is 2.49. The van der Waals surface area contributed by atoms with E-state index in [9.17, 15) is 0 Å². The zero-order valence-electron chi connectivity index (χ0n) is 76.3. The molecule has 0 amide bonds. The molecular weight excluding hydrogens is 1580 g/mol. The largest absolute Gasteiger partial charge is 0.309 e. The van der Waals surface area contributed by atoms with E-state index in [0.29, 0.717) is 0 Å². The number of fused-ring (bicyclic) bond motifs is 9. The number of benzene rings is 16. The average molecular weight is 1700 g/mol. The maximum atomic E-state index is 4.86. The van der Waals surface area contributed by atoms with Gasteiger partial charge in [0.15, 0.2) is 16.1 Å². The van der Waals surface area contributed by atoms with E-state index in [-0.39, 0.29) is 26.7 Å². The van der Waals surface area contributed by atoms with Crippen LogP contribution in [0.25, 0.3) is 97.5 Å². The summed E-state index contributed by atoms with van der Waals surface area (Å²) in [6, 6.07) is 157. The van der Waals surface area contributed by atoms with Crippen LogP contribution in [0.15, 0.2) is 437 Å². The molecule has 0 radical (unpaired) electrons. The molecule has 0 aliphatic heterocycles. The Kier molecular flexibility index (Phi) is 25.4. The van der Waals surface area contributed by atoms with Crippen LogP contribution in [0.5, 0.6) is 0 Å². The molecule has 0 fully saturated rings. The predicted molar refractivity (Wildman–Crippen MR) is 558 cm³/mol. The SMILES string of the molecule is CC(C)(C)[Si](c1ccccc1)(c1ccccc1)c1ccccc1.CC(C)(C)c1ccc(-n2c3ccccc3c3ccccc32)cc1.CC(C)(C)c1cccc(-n2c3ccccc3c3ccccc32)c1.CC(C)(C)c1cccc([Si](c2ccccc2)(c2ccccc2)c2ccccc2)c1.CC(C)(C)c1ccccc1-c1ccccc1-c1nccc2c1sc1ccccc12. The first-order valence-electron chi connectivity index (χ1n) is 44.8. The molecule has 3 nitrogen and oxygen atoms in total. The highest BCUT2D eigenvalue weighted by molar-refractivity contribution is 7.26. The van der Waals surface area contributed by atoms with Crippen LogP contribution in [0.2, 0.25) is 5.04 Å². The van der Waals surface area contributed by atoms with Crippen LogP contribution in [0.3, 0.4) is 0 Å². The monoisotopic (exact) mass is 1700 g/mol. The Morgan fingerprint density at radius 2 is 0.575 bits per heavy atom. The van der Waals surface area contributed by atoms with Gasteiger partial charge in [0.25, 0.3) is 0 Å². The summed E-state index contributed by atoms with van der Waals surface area (Å²) in [5, 5.41) is 18.1. The Morgan fingerprint density at radius 1 is 0.236 bits per heavy atom. The van der Waals surface area contributed by atoms with Crippen LogP contribution >= 0.6 is 11.3 Å². The van der Waals surface area contributed by atoms with Crippen LogP contribution in [0.4, 0.5) is 0 Å². The lowest BCUT2D eigenvalue weighted by Crippen LogP contribution is -2.74. The number of para-hydroxylation sites is 4. The lowest BCUT2D eigenvalue weighted by molar-refractivity contribution is 0.589. The molecule has 0 aliphatic rings. The molecule has 0 saturated heterocycles. The van der Waals surface area contributed by atoms with Gasteiger partial charge in [-0.1, -0.05) is 474 Å². The van der Waals surface area contributed by atoms with Crippen LogP contribution in [0.1, 0.15) is 126 Å². The van der Waals surface area contributed by atoms with Crippen LogP contribution in [0, 0.1) is 0 Å². The molecule has 6 heteroatoms. The summed E-state index contributed by atoms with van der Waals surface area (Å²) in [7, 11) is -4.54. The molecule has 127 heavy (non-hydrogen) atoms. The lowest BCUT2D eigenvalue weighted by atomic mass is 9.81. The summed E-state index contributed by atoms with van der Waals surface area (Å²) in [5.41, 5.74) is 18.3. The molecule has 0 unspecified atom stereocenters. The van der Waals surface area contributed by atoms with E-state index in [1.165, 1.54) is 150 Å². The Bertz CT molecular complexity index is 6820. The van der Waals surface area contributed by atoms with Gasteiger partial charge < -0.3 is 9.13 Å². The van der Waals surface area contributed by atoms with Crippen molar-refractivity contribution in [1.29, 1.82) is 0 Å². The molecule has 0 aliphatic carbocycles. The maximum absolute atomic E-state index is 4.86. The van der Waals surface area contributed by atoms with Gasteiger partial charge >= 0.3 is 0 Å². The van der Waals surface area contributed by atoms with E-state index >= 15 is 0 Å². The molecule has 4 aromatic heterocycles. The lowest BCUT2D eigenvalue weighted by Gasteiger charge is -2.44. The summed E-state index contributed by atoms with van der Waals surface area (Å²) in [6.07, 6.45) is 1.95. The Hall–Kier alpha value is -13.1. The van der Waals surface area contributed by atoms with Gasteiger partial charge in [-0.3, -0.25) is 4.98 Å². The van der Waals surface area contributed by atoms with E-state index in [2.05, 4.69) is 544 Å². The summed E-state index contributed by atoms with van der Waals surface area (Å²) in [5.74, 6) is 0. The van der Waals surface area contributed by atoms with Crippen LogP contribution in [-0.4, -0.2) is 30.3 Å². The molecule has 0 spiro atoms. The standard InChI is InChI=1S/C28H28Si.C27H23NS.2C22H21N.C22H24Si/c1-28(2,3)23-14-13-21-27(22-23)29(24-15-7-4-8-16-24,25-17-9-5-10-18-25)26-19-11-6-12-20-26;1-27(2,3)23-14-8-6-11-19(23)18-10-4-5-13-21(18)25-26-22(16-17-28-25)20-12-7-9-15-24(20)29-26;1-22(2,3)16-9-8-10-17(15-16)23-20-13-6-4-11-18(20)19-12-5-7-14-21(19)23;1-22(2,3)16-12-14-17(15-13-16)23-20-10-6-4-8-18(20)19-9-5-7-11-21(19)23;1-22(2,3)23(19-13-7-4-8-14-19,20-15-9-5-10-16-20)21-17-11-6-12-18-21/h4-22H,1-3H3;4-17H,1-3H3;2*4-15H,1-3H3;4-18H,1-3H3. The summed E-state index contributed by atoms with van der Waals surface area (Å²) < 4.78 is 7.30. The van der Waals surface area contributed by atoms with E-state index in [4.69, 9.17) is 4.98 Å². The smallest absolute Gasteiger partial charge is 0.179 e. The van der Waals surface area contributed by atoms with Crippen LogP contribution in [-0.2, 0) is 21.7 Å². The number of aromatic nitrogens is 3. The quantitative estimate of drug-likeness (QED) is 0.0935. The van der Waals surface area contributed by atoms with E-state index in [0.717, 1.165) is 5.69 Å². The molecule has 0 N–H and O–H groups in total. The number of nitrogens with zero attached hydrogens (tertiary/aromatic N) is 3. The molecule has 16 aromatic carbocycles. The van der Waals surface area contributed by atoms with Gasteiger partial charge in [0.1, 0.15) is 0 Å². The summed E-state index contributed by atoms with van der Waals surface area (Å²) in [6.45, 7) is 34.4. The maximum Gasteiger partial charge on any atom is 0.179 e. The summed E-state index contributed by atoms with van der Waals surface area (Å²) in [4.78, 5) is 4.86. The van der Waals surface area contributed by atoms with Crippen molar-refractivity contribution in [1.82, 2.24) is 14.1 Å². The molecule has 4 heterocycles. The first-order chi connectivity index (χ1) is 61.2. The molecule has 0 atom stereocenters. The van der Waals surface area contributed by atoms with Crippen molar-refractivity contribution >= 4 is 128 Å². The Labute approximate surface area is 759 Å². The summed E-state index contributed by atoms with van der Waals surface area (Å²) >= 11 is 1.83. The van der Waals surface area contributed by atoms with E-state index in [1.54, 1.807) is 0 Å². The Morgan fingerprint density at radius 3 is 0.992 bits per heavy atom. The number of pyridine rings is 1. The minimum Gasteiger partial charge on any atom is -0.309 e. The van der Waals surface area contributed by atoms with Gasteiger partial charge in [-0.15, -0.1) is 11.3 Å². The molecule has 20 aromatic rings. The highest BCUT2D eigenvalue weighted by atomic mass is 32.1. The molecule has 0 bridgehead atoms. The van der Waals surface area contributed by atoms with E-state index in [1.807, 2.05) is 17.5 Å². The van der Waals surface area contributed by atoms with Crippen molar-refractivity contribution < 1.29 is 0 Å². The minimum absolute atomic E-state index is 0.0702. The third-order valence-electron chi connectivity index (χ3n) is 25.2. The van der Waals surface area contributed by atoms with E-state index < -0.39 is 16.1 Å². The fourth-order valence-electron chi connectivity index (χ4n) is 18.9. The number of thiophene rings is 1. The first-order valence-corrected chi connectivity index (χ1v) is 49.6. The van der Waals surface area contributed by atoms with Crippen molar-refractivity contribution in [3.8, 4) is 33.8 Å². The molecule has 20 rings (SSSR count). The normalized spacial score (nSPS) is 12.1. The van der Waals surface area contributed by atoms with Crippen LogP contribution < -0.4 is 36.3 Å². The van der Waals surface area contributed by atoms with Crippen molar-refractivity contribution in [3.05, 3.63) is 459 Å². The Balaban J connectivity index is 0.000000117. The predicted octanol–water partition coefficient (Wildman–Crippen LogP) is 28.6. The third kappa shape index (κ3) is 17.9. The second kappa shape index (κ2) is 36.9. The zero-order chi connectivity index (χ0) is 88.7. The molecular formula is C121H117N3SSi2. The topological polar surface area (TPSA) is 22.8 Å². The van der Waals surface area contributed by atoms with Crippen molar-refractivity contribution in [2.24, 2.45) is 0 Å². The third-order valence-corrected chi connectivity index (χ3v) is 37.0. The molecule has 630 valence electrons. The van der Waals surface area contributed by atoms with Gasteiger partial charge in [-0.2, -0.15) is 0 Å². The highest BCUT2D eigenvalue weighted by Crippen LogP contribution is 2.45.